The van der Waals surface area contributed by atoms with Gasteiger partial charge >= 0.3 is 0 Å². The molecule has 7 nitrogen and oxygen atoms in total. The van der Waals surface area contributed by atoms with E-state index in [1.165, 1.54) is 10.4 Å². The van der Waals surface area contributed by atoms with Crippen molar-refractivity contribution in [2.24, 2.45) is 5.92 Å². The molecule has 0 radical (unpaired) electrons. The number of rotatable bonds is 9. The van der Waals surface area contributed by atoms with E-state index in [1.807, 2.05) is 13.8 Å². The number of hydrogen-bond donors (Lipinski definition) is 3. The Labute approximate surface area is 141 Å². The van der Waals surface area contributed by atoms with Crippen LogP contribution >= 0.6 is 0 Å². The Morgan fingerprint density at radius 3 is 2.58 bits per heavy atom. The molecular weight excluding hydrogens is 317 g/mol. The highest BCUT2D eigenvalue weighted by Crippen LogP contribution is 2.25. The van der Waals surface area contributed by atoms with Gasteiger partial charge in [0.1, 0.15) is 6.04 Å². The standard InChI is InChI=1S/C16H28FN3O4/c1-3-5-7-11(13(17)15(22)19-24)16(23)20-10-6-8-12(20)14(21)18-9-4-2/h11-13,24H,3-10H2,1-2H3,(H,18,21)(H,19,22)/t11-,12+,13+/m1/s1. The maximum absolute atomic E-state index is 14.3. The van der Waals surface area contributed by atoms with Crippen LogP contribution in [-0.2, 0) is 14.4 Å². The highest BCUT2D eigenvalue weighted by molar-refractivity contribution is 5.92. The normalized spacial score (nSPS) is 19.7. The molecule has 0 aromatic carbocycles. The molecule has 1 saturated heterocycles. The first-order chi connectivity index (χ1) is 11.5. The Hall–Kier alpha value is -1.70. The third kappa shape index (κ3) is 5.15. The number of nitrogens with one attached hydrogen (secondary N) is 2. The summed E-state index contributed by atoms with van der Waals surface area (Å²) in [7, 11) is 0. The number of amides is 3. The molecule has 0 unspecified atom stereocenters. The van der Waals surface area contributed by atoms with Crippen molar-refractivity contribution in [3.05, 3.63) is 0 Å². The number of hydrogen-bond acceptors (Lipinski definition) is 4. The molecule has 138 valence electrons. The molecule has 0 aromatic rings. The molecule has 0 aromatic heterocycles. The van der Waals surface area contributed by atoms with Crippen molar-refractivity contribution in [1.82, 2.24) is 15.7 Å². The fraction of sp³-hybridized carbons (Fsp3) is 0.812. The summed E-state index contributed by atoms with van der Waals surface area (Å²) in [5.41, 5.74) is 1.27. The Balaban J connectivity index is 2.86. The van der Waals surface area contributed by atoms with Gasteiger partial charge < -0.3 is 10.2 Å². The smallest absolute Gasteiger partial charge is 0.278 e. The fourth-order valence-electron chi connectivity index (χ4n) is 2.95. The van der Waals surface area contributed by atoms with Crippen LogP contribution in [0.5, 0.6) is 0 Å². The molecule has 0 spiro atoms. The van der Waals surface area contributed by atoms with E-state index in [1.54, 1.807) is 0 Å². The summed E-state index contributed by atoms with van der Waals surface area (Å²) < 4.78 is 14.3. The van der Waals surface area contributed by atoms with E-state index in [4.69, 9.17) is 5.21 Å². The number of alkyl halides is 1. The van der Waals surface area contributed by atoms with Crippen molar-refractivity contribution in [2.75, 3.05) is 13.1 Å². The maximum atomic E-state index is 14.3. The molecule has 1 heterocycles. The van der Waals surface area contributed by atoms with Crippen LogP contribution < -0.4 is 10.8 Å². The largest absolute Gasteiger partial charge is 0.354 e. The van der Waals surface area contributed by atoms with Gasteiger partial charge in [0, 0.05) is 13.1 Å². The van der Waals surface area contributed by atoms with Gasteiger partial charge in [-0.25, -0.2) is 9.87 Å². The van der Waals surface area contributed by atoms with Crippen LogP contribution in [0.2, 0.25) is 0 Å². The summed E-state index contributed by atoms with van der Waals surface area (Å²) in [4.78, 5) is 37.7. The number of halogens is 1. The van der Waals surface area contributed by atoms with Crippen LogP contribution in [0.15, 0.2) is 0 Å². The van der Waals surface area contributed by atoms with Crippen molar-refractivity contribution in [3.8, 4) is 0 Å². The number of likely N-dealkylation sites (tertiary alicyclic amines) is 1. The predicted octanol–water partition coefficient (Wildman–Crippen LogP) is 1.15. The average molecular weight is 345 g/mol. The summed E-state index contributed by atoms with van der Waals surface area (Å²) in [6.07, 6.45) is 1.38. The van der Waals surface area contributed by atoms with Crippen LogP contribution in [0, 0.1) is 5.92 Å². The lowest BCUT2D eigenvalue weighted by atomic mass is 9.94. The predicted molar refractivity (Wildman–Crippen MR) is 85.9 cm³/mol. The second kappa shape index (κ2) is 10.2. The summed E-state index contributed by atoms with van der Waals surface area (Å²) in [6, 6.07) is -0.613. The molecule has 0 aliphatic carbocycles. The van der Waals surface area contributed by atoms with Crippen molar-refractivity contribution in [3.63, 3.8) is 0 Å². The van der Waals surface area contributed by atoms with Gasteiger partial charge in [0.2, 0.25) is 11.8 Å². The van der Waals surface area contributed by atoms with Crippen LogP contribution in [0.1, 0.15) is 52.4 Å². The van der Waals surface area contributed by atoms with Gasteiger partial charge in [-0.2, -0.15) is 0 Å². The Bertz CT molecular complexity index is 447. The molecule has 3 N–H and O–H groups in total. The zero-order chi connectivity index (χ0) is 18.1. The van der Waals surface area contributed by atoms with E-state index in [0.717, 1.165) is 12.8 Å². The number of carbonyl (C=O) groups is 3. The summed E-state index contributed by atoms with van der Waals surface area (Å²) >= 11 is 0. The van der Waals surface area contributed by atoms with Gasteiger partial charge in [-0.15, -0.1) is 0 Å². The Morgan fingerprint density at radius 2 is 2.00 bits per heavy atom. The average Bonchev–Trinajstić information content (AvgIpc) is 3.08. The minimum absolute atomic E-state index is 0.198. The molecule has 0 bridgehead atoms. The molecule has 1 aliphatic heterocycles. The highest BCUT2D eigenvalue weighted by atomic mass is 19.1. The van der Waals surface area contributed by atoms with Crippen LogP contribution in [0.25, 0.3) is 0 Å². The molecule has 1 aliphatic rings. The number of unbranched alkanes of at least 4 members (excludes halogenated alkanes) is 1. The quantitative estimate of drug-likeness (QED) is 0.431. The lowest BCUT2D eigenvalue weighted by Gasteiger charge is -2.29. The van der Waals surface area contributed by atoms with Crippen LogP contribution in [0.4, 0.5) is 4.39 Å². The van der Waals surface area contributed by atoms with Gasteiger partial charge in [0.05, 0.1) is 5.92 Å². The van der Waals surface area contributed by atoms with Crippen LogP contribution in [0.3, 0.4) is 0 Å². The second-order valence-corrected chi connectivity index (χ2v) is 6.11. The maximum Gasteiger partial charge on any atom is 0.278 e. The number of nitrogens with zero attached hydrogens (tertiary/aromatic N) is 1. The van der Waals surface area contributed by atoms with Crippen molar-refractivity contribution in [1.29, 1.82) is 0 Å². The molecule has 8 heteroatoms. The van der Waals surface area contributed by atoms with Gasteiger partial charge in [-0.05, 0) is 25.7 Å². The topological polar surface area (TPSA) is 98.7 Å². The third-order valence-electron chi connectivity index (χ3n) is 4.29. The van der Waals surface area contributed by atoms with E-state index in [0.29, 0.717) is 32.4 Å². The summed E-state index contributed by atoms with van der Waals surface area (Å²) in [6.45, 7) is 4.73. The van der Waals surface area contributed by atoms with Crippen LogP contribution in [-0.4, -0.2) is 53.1 Å². The molecule has 3 atom stereocenters. The molecule has 3 amide bonds. The minimum atomic E-state index is -2.13. The zero-order valence-electron chi connectivity index (χ0n) is 14.4. The molecule has 0 saturated carbocycles. The molecule has 24 heavy (non-hydrogen) atoms. The monoisotopic (exact) mass is 345 g/mol. The van der Waals surface area contributed by atoms with Gasteiger partial charge in [-0.1, -0.05) is 26.7 Å². The fourth-order valence-corrected chi connectivity index (χ4v) is 2.95. The molecule has 1 rings (SSSR count). The van der Waals surface area contributed by atoms with E-state index in [2.05, 4.69) is 5.32 Å². The third-order valence-corrected chi connectivity index (χ3v) is 4.29. The number of hydroxylamine groups is 1. The zero-order valence-corrected chi connectivity index (χ0v) is 14.4. The van der Waals surface area contributed by atoms with Gasteiger partial charge in [0.15, 0.2) is 6.17 Å². The van der Waals surface area contributed by atoms with E-state index >= 15 is 0 Å². The SMILES string of the molecule is CCCC[C@@H](C(=O)N1CCC[C@H]1C(=O)NCCC)[C@H](F)C(=O)NO. The highest BCUT2D eigenvalue weighted by Gasteiger charge is 2.41. The van der Waals surface area contributed by atoms with Crippen molar-refractivity contribution in [2.45, 2.75) is 64.6 Å². The second-order valence-electron chi connectivity index (χ2n) is 6.11. The summed E-state index contributed by atoms with van der Waals surface area (Å²) in [5.74, 6) is -3.18. The first-order valence-electron chi connectivity index (χ1n) is 8.64. The molecular formula is C16H28FN3O4. The lowest BCUT2D eigenvalue weighted by molar-refractivity contribution is -0.149. The first kappa shape index (κ1) is 20.3. The van der Waals surface area contributed by atoms with Crippen molar-refractivity contribution >= 4 is 17.7 Å². The Morgan fingerprint density at radius 1 is 1.29 bits per heavy atom. The van der Waals surface area contributed by atoms with Gasteiger partial charge in [-0.3, -0.25) is 19.6 Å². The first-order valence-corrected chi connectivity index (χ1v) is 8.64. The Kier molecular flexibility index (Phi) is 8.67. The van der Waals surface area contributed by atoms with E-state index < -0.39 is 29.9 Å². The van der Waals surface area contributed by atoms with E-state index in [-0.39, 0.29) is 12.3 Å². The molecule has 1 fully saturated rings. The van der Waals surface area contributed by atoms with E-state index in [9.17, 15) is 18.8 Å². The van der Waals surface area contributed by atoms with Crippen molar-refractivity contribution < 1.29 is 24.0 Å². The lowest BCUT2D eigenvalue weighted by Crippen LogP contribution is -2.51. The summed E-state index contributed by atoms with van der Waals surface area (Å²) in [5, 5.41) is 11.4. The van der Waals surface area contributed by atoms with Gasteiger partial charge in [0.25, 0.3) is 5.91 Å². The number of carbonyl (C=O) groups excluding carboxylic acids is 3. The minimum Gasteiger partial charge on any atom is -0.354 e.